The normalized spacial score (nSPS) is 20.1. The summed E-state index contributed by atoms with van der Waals surface area (Å²) in [5.74, 6) is 1.63. The van der Waals surface area contributed by atoms with Crippen LogP contribution in [-0.4, -0.2) is 82.3 Å². The summed E-state index contributed by atoms with van der Waals surface area (Å²) in [6, 6.07) is 0. The van der Waals surface area contributed by atoms with Gasteiger partial charge in [0.2, 0.25) is 23.6 Å². The minimum absolute atomic E-state index is 0.0264. The third-order valence-corrected chi connectivity index (χ3v) is 5.54. The Kier molecular flexibility index (Phi) is 4.84. The molecular formula is C18H25N5O4. The summed E-state index contributed by atoms with van der Waals surface area (Å²) in [5, 5.41) is 3.99. The standard InChI is InChI=1S/C18H25N5O4/c1-21(18(26)12-4-5-12)8-6-14-19-17(27-20-14)13-9-23(10-13)16(25)11-22-7-2-3-15(22)24/h12-13H,2-11H2,1H3. The van der Waals surface area contributed by atoms with Crippen LogP contribution in [0.15, 0.2) is 4.52 Å². The minimum atomic E-state index is -0.0264. The van der Waals surface area contributed by atoms with E-state index in [0.717, 1.165) is 19.3 Å². The van der Waals surface area contributed by atoms with E-state index in [1.807, 2.05) is 7.05 Å². The Hall–Kier alpha value is -2.45. The van der Waals surface area contributed by atoms with Gasteiger partial charge in [-0.3, -0.25) is 14.4 Å². The number of hydrogen-bond donors (Lipinski definition) is 0. The molecule has 2 saturated heterocycles. The molecule has 146 valence electrons. The Balaban J connectivity index is 1.21. The highest BCUT2D eigenvalue weighted by molar-refractivity contribution is 5.86. The zero-order valence-electron chi connectivity index (χ0n) is 15.6. The summed E-state index contributed by atoms with van der Waals surface area (Å²) < 4.78 is 5.33. The van der Waals surface area contributed by atoms with Crippen LogP contribution in [0, 0.1) is 5.92 Å². The summed E-state index contributed by atoms with van der Waals surface area (Å²) in [5.41, 5.74) is 0. The van der Waals surface area contributed by atoms with Gasteiger partial charge in [0.05, 0.1) is 12.5 Å². The first-order valence-corrected chi connectivity index (χ1v) is 9.64. The van der Waals surface area contributed by atoms with Gasteiger partial charge in [-0.05, 0) is 19.3 Å². The molecule has 2 aliphatic heterocycles. The molecular weight excluding hydrogens is 350 g/mol. The molecule has 1 saturated carbocycles. The number of aromatic nitrogens is 2. The summed E-state index contributed by atoms with van der Waals surface area (Å²) in [4.78, 5) is 45.3. The van der Waals surface area contributed by atoms with Crippen molar-refractivity contribution in [1.82, 2.24) is 24.8 Å². The van der Waals surface area contributed by atoms with E-state index in [9.17, 15) is 14.4 Å². The highest BCUT2D eigenvalue weighted by atomic mass is 16.5. The molecule has 3 heterocycles. The molecule has 1 aromatic rings. The number of nitrogens with zero attached hydrogens (tertiary/aromatic N) is 5. The average Bonchev–Trinajstić information content (AvgIpc) is 3.24. The fourth-order valence-electron chi connectivity index (χ4n) is 3.53. The molecule has 1 aliphatic carbocycles. The highest BCUT2D eigenvalue weighted by Gasteiger charge is 2.37. The number of likely N-dealkylation sites (N-methyl/N-ethyl adjacent to an activating group) is 1. The van der Waals surface area contributed by atoms with Crippen LogP contribution < -0.4 is 0 Å². The summed E-state index contributed by atoms with van der Waals surface area (Å²) in [6.07, 6.45) is 3.94. The van der Waals surface area contributed by atoms with Gasteiger partial charge in [0.1, 0.15) is 0 Å². The number of hydrogen-bond acceptors (Lipinski definition) is 6. The predicted molar refractivity (Wildman–Crippen MR) is 93.5 cm³/mol. The third kappa shape index (κ3) is 3.96. The molecule has 4 rings (SSSR count). The van der Waals surface area contributed by atoms with Gasteiger partial charge in [0.25, 0.3) is 0 Å². The lowest BCUT2D eigenvalue weighted by Gasteiger charge is -2.37. The lowest BCUT2D eigenvalue weighted by Crippen LogP contribution is -2.52. The molecule has 0 bridgehead atoms. The Morgan fingerprint density at radius 1 is 1.30 bits per heavy atom. The van der Waals surface area contributed by atoms with Gasteiger partial charge in [0.15, 0.2) is 5.82 Å². The molecule has 0 N–H and O–H groups in total. The monoisotopic (exact) mass is 375 g/mol. The van der Waals surface area contributed by atoms with Crippen LogP contribution in [0.3, 0.4) is 0 Å². The molecule has 0 spiro atoms. The van der Waals surface area contributed by atoms with Gasteiger partial charge in [-0.25, -0.2) is 0 Å². The van der Waals surface area contributed by atoms with Crippen molar-refractivity contribution in [2.24, 2.45) is 5.92 Å². The van der Waals surface area contributed by atoms with Crippen LogP contribution in [0.1, 0.15) is 43.3 Å². The van der Waals surface area contributed by atoms with Crippen LogP contribution in [0.5, 0.6) is 0 Å². The minimum Gasteiger partial charge on any atom is -0.345 e. The lowest BCUT2D eigenvalue weighted by molar-refractivity contribution is -0.141. The average molecular weight is 375 g/mol. The molecule has 3 aliphatic rings. The molecule has 0 radical (unpaired) electrons. The van der Waals surface area contributed by atoms with Crippen molar-refractivity contribution in [2.75, 3.05) is 39.8 Å². The largest absolute Gasteiger partial charge is 0.345 e. The maximum Gasteiger partial charge on any atom is 0.242 e. The van der Waals surface area contributed by atoms with Crippen molar-refractivity contribution in [3.05, 3.63) is 11.7 Å². The maximum atomic E-state index is 12.2. The Labute approximate surface area is 157 Å². The molecule has 9 nitrogen and oxygen atoms in total. The van der Waals surface area contributed by atoms with Crippen molar-refractivity contribution in [3.63, 3.8) is 0 Å². The molecule has 27 heavy (non-hydrogen) atoms. The second kappa shape index (κ2) is 7.28. The lowest BCUT2D eigenvalue weighted by atomic mass is 10.00. The van der Waals surface area contributed by atoms with Gasteiger partial charge in [-0.2, -0.15) is 4.98 Å². The summed E-state index contributed by atoms with van der Waals surface area (Å²) >= 11 is 0. The maximum absolute atomic E-state index is 12.2. The Morgan fingerprint density at radius 3 is 2.74 bits per heavy atom. The number of amides is 3. The van der Waals surface area contributed by atoms with E-state index < -0.39 is 0 Å². The van der Waals surface area contributed by atoms with E-state index in [-0.39, 0.29) is 36.1 Å². The van der Waals surface area contributed by atoms with E-state index in [2.05, 4.69) is 10.1 Å². The van der Waals surface area contributed by atoms with E-state index in [0.29, 0.717) is 50.7 Å². The molecule has 9 heteroatoms. The van der Waals surface area contributed by atoms with E-state index >= 15 is 0 Å². The number of rotatable bonds is 7. The summed E-state index contributed by atoms with van der Waals surface area (Å²) in [6.45, 7) is 2.51. The van der Waals surface area contributed by atoms with Crippen molar-refractivity contribution >= 4 is 17.7 Å². The third-order valence-electron chi connectivity index (χ3n) is 5.54. The van der Waals surface area contributed by atoms with Gasteiger partial charge in [-0.15, -0.1) is 0 Å². The van der Waals surface area contributed by atoms with E-state index in [1.165, 1.54) is 0 Å². The number of likely N-dealkylation sites (tertiary alicyclic amines) is 2. The quantitative estimate of drug-likeness (QED) is 0.667. The fraction of sp³-hybridized carbons (Fsp3) is 0.722. The Morgan fingerprint density at radius 2 is 2.07 bits per heavy atom. The molecule has 1 aromatic heterocycles. The number of carbonyl (C=O) groups excluding carboxylic acids is 3. The van der Waals surface area contributed by atoms with Gasteiger partial charge in [-0.1, -0.05) is 5.16 Å². The van der Waals surface area contributed by atoms with E-state index in [1.54, 1.807) is 14.7 Å². The van der Waals surface area contributed by atoms with Crippen LogP contribution in [0.4, 0.5) is 0 Å². The molecule has 0 atom stereocenters. The smallest absolute Gasteiger partial charge is 0.242 e. The molecule has 0 aromatic carbocycles. The fourth-order valence-corrected chi connectivity index (χ4v) is 3.53. The van der Waals surface area contributed by atoms with Crippen LogP contribution in [0.2, 0.25) is 0 Å². The second-order valence-electron chi connectivity index (χ2n) is 7.75. The second-order valence-corrected chi connectivity index (χ2v) is 7.75. The SMILES string of the molecule is CN(CCc1noc(C2CN(C(=O)CN3CCCC3=O)C2)n1)C(=O)C1CC1. The van der Waals surface area contributed by atoms with Gasteiger partial charge >= 0.3 is 0 Å². The van der Waals surface area contributed by atoms with E-state index in [4.69, 9.17) is 4.52 Å². The molecule has 0 unspecified atom stereocenters. The van der Waals surface area contributed by atoms with Crippen molar-refractivity contribution in [3.8, 4) is 0 Å². The highest BCUT2D eigenvalue weighted by Crippen LogP contribution is 2.30. The summed E-state index contributed by atoms with van der Waals surface area (Å²) in [7, 11) is 1.81. The first-order chi connectivity index (χ1) is 13.0. The first kappa shape index (κ1) is 17.9. The molecule has 3 amide bonds. The zero-order chi connectivity index (χ0) is 19.0. The first-order valence-electron chi connectivity index (χ1n) is 9.64. The van der Waals surface area contributed by atoms with Crippen LogP contribution >= 0.6 is 0 Å². The van der Waals surface area contributed by atoms with Crippen molar-refractivity contribution in [2.45, 2.75) is 38.0 Å². The predicted octanol–water partition coefficient (Wildman–Crippen LogP) is 0.0287. The zero-order valence-corrected chi connectivity index (χ0v) is 15.6. The number of carbonyl (C=O) groups is 3. The van der Waals surface area contributed by atoms with Gasteiger partial charge in [0, 0.05) is 52.0 Å². The van der Waals surface area contributed by atoms with Crippen molar-refractivity contribution < 1.29 is 18.9 Å². The van der Waals surface area contributed by atoms with Gasteiger partial charge < -0.3 is 19.2 Å². The van der Waals surface area contributed by atoms with Crippen molar-refractivity contribution in [1.29, 1.82) is 0 Å². The van der Waals surface area contributed by atoms with Crippen LogP contribution in [-0.2, 0) is 20.8 Å². The van der Waals surface area contributed by atoms with Crippen LogP contribution in [0.25, 0.3) is 0 Å². The molecule has 3 fully saturated rings. The topological polar surface area (TPSA) is 99.9 Å². The Bertz CT molecular complexity index is 738.